The van der Waals surface area contributed by atoms with Crippen LogP contribution in [0.2, 0.25) is 0 Å². The molecule has 0 fully saturated rings. The van der Waals surface area contributed by atoms with Gasteiger partial charge < -0.3 is 15.6 Å². The van der Waals surface area contributed by atoms with Crippen molar-refractivity contribution in [2.24, 2.45) is 5.10 Å². The second-order valence-corrected chi connectivity index (χ2v) is 14.3. The number of nitrogens with one attached hydrogen (secondary N) is 1. The van der Waals surface area contributed by atoms with Crippen molar-refractivity contribution < 1.29 is 10.2 Å². The van der Waals surface area contributed by atoms with Crippen molar-refractivity contribution in [3.8, 4) is 11.5 Å². The van der Waals surface area contributed by atoms with Crippen molar-refractivity contribution in [1.82, 2.24) is 5.43 Å². The number of aromatic hydroxyl groups is 2. The minimum Gasteiger partial charge on any atom is -0.507 e. The molecule has 1 atom stereocenters. The van der Waals surface area contributed by atoms with Gasteiger partial charge in [-0.2, -0.15) is 5.10 Å². The van der Waals surface area contributed by atoms with Gasteiger partial charge in [0, 0.05) is 17.5 Å². The van der Waals surface area contributed by atoms with Crippen LogP contribution in [0.4, 0.5) is 0 Å². The molecule has 4 heteroatoms. The third-order valence-corrected chi connectivity index (χ3v) is 6.96. The molecule has 0 spiro atoms. The molecule has 1 heterocycles. The van der Waals surface area contributed by atoms with Gasteiger partial charge >= 0.3 is 0 Å². The van der Waals surface area contributed by atoms with E-state index >= 15 is 0 Å². The van der Waals surface area contributed by atoms with Crippen LogP contribution in [0.1, 0.15) is 129 Å². The largest absolute Gasteiger partial charge is 0.507 e. The molecule has 1 aliphatic rings. The second kappa shape index (κ2) is 8.57. The van der Waals surface area contributed by atoms with Crippen LogP contribution in [0.3, 0.4) is 0 Å². The lowest BCUT2D eigenvalue weighted by atomic mass is 9.77. The fourth-order valence-electron chi connectivity index (χ4n) is 4.76. The molecule has 2 aromatic rings. The first-order chi connectivity index (χ1) is 15.7. The van der Waals surface area contributed by atoms with Gasteiger partial charge in [0.25, 0.3) is 0 Å². The zero-order valence-corrected chi connectivity index (χ0v) is 23.9. The van der Waals surface area contributed by atoms with Gasteiger partial charge in [-0.1, -0.05) is 83.1 Å². The average molecular weight is 479 g/mol. The van der Waals surface area contributed by atoms with Crippen molar-refractivity contribution >= 4 is 5.71 Å². The molecule has 35 heavy (non-hydrogen) atoms. The Bertz CT molecular complexity index is 1080. The highest BCUT2D eigenvalue weighted by molar-refractivity contribution is 6.02. The Hall–Kier alpha value is -2.49. The normalized spacial score (nSPS) is 17.4. The quantitative estimate of drug-likeness (QED) is 0.414. The summed E-state index contributed by atoms with van der Waals surface area (Å²) in [6, 6.07) is 8.51. The van der Waals surface area contributed by atoms with E-state index in [1.165, 1.54) is 0 Å². The number of nitrogens with zero attached hydrogens (tertiary/aromatic N) is 1. The predicted molar refractivity (Wildman–Crippen MR) is 148 cm³/mol. The summed E-state index contributed by atoms with van der Waals surface area (Å²) < 4.78 is 0. The van der Waals surface area contributed by atoms with Gasteiger partial charge in [-0.15, -0.1) is 0 Å². The highest BCUT2D eigenvalue weighted by atomic mass is 16.3. The van der Waals surface area contributed by atoms with E-state index in [1.54, 1.807) is 0 Å². The third-order valence-electron chi connectivity index (χ3n) is 6.96. The zero-order valence-electron chi connectivity index (χ0n) is 23.9. The Labute approximate surface area is 212 Å². The number of rotatable bonds is 2. The third kappa shape index (κ3) is 5.52. The van der Waals surface area contributed by atoms with Crippen LogP contribution in [0.25, 0.3) is 0 Å². The molecular weight excluding hydrogens is 432 g/mol. The van der Waals surface area contributed by atoms with Crippen LogP contribution < -0.4 is 5.43 Å². The summed E-state index contributed by atoms with van der Waals surface area (Å²) in [4.78, 5) is 0. The van der Waals surface area contributed by atoms with Crippen LogP contribution in [-0.2, 0) is 21.7 Å². The molecule has 2 aromatic carbocycles. The van der Waals surface area contributed by atoms with Crippen molar-refractivity contribution in [3.05, 3.63) is 57.6 Å². The van der Waals surface area contributed by atoms with E-state index < -0.39 is 0 Å². The summed E-state index contributed by atoms with van der Waals surface area (Å²) in [5, 5.41) is 27.0. The standard InChI is InChI=1S/C31H46N2O2/c1-28(2,3)20-13-18(14-21(26(20)34)29(4,5)6)24-17-25(33-32-24)19-15-22(30(7,8)9)27(35)23(16-19)31(10,11)12/h13-16,24,32,34-35H,17H2,1-12H3. The first-order valence-electron chi connectivity index (χ1n) is 12.8. The van der Waals surface area contributed by atoms with E-state index in [9.17, 15) is 10.2 Å². The van der Waals surface area contributed by atoms with Crippen LogP contribution in [0.15, 0.2) is 29.4 Å². The van der Waals surface area contributed by atoms with Gasteiger partial charge in [0.15, 0.2) is 0 Å². The summed E-state index contributed by atoms with van der Waals surface area (Å²) >= 11 is 0. The average Bonchev–Trinajstić information content (AvgIpc) is 3.14. The number of hydrogen-bond acceptors (Lipinski definition) is 4. The first-order valence-corrected chi connectivity index (χ1v) is 12.8. The SMILES string of the molecule is CC(C)(C)c1cc(C2=NNC(c3cc(C(C)(C)C)c(O)c(C(C)(C)C)c3)C2)cc(C(C)(C)C)c1O. The highest BCUT2D eigenvalue weighted by Gasteiger charge is 2.32. The Balaban J connectivity index is 2.07. The Morgan fingerprint density at radius 1 is 0.629 bits per heavy atom. The summed E-state index contributed by atoms with van der Waals surface area (Å²) in [6.07, 6.45) is 0.746. The van der Waals surface area contributed by atoms with Gasteiger partial charge in [0.05, 0.1) is 11.8 Å². The van der Waals surface area contributed by atoms with Crippen molar-refractivity contribution in [2.75, 3.05) is 0 Å². The van der Waals surface area contributed by atoms with Crippen molar-refractivity contribution in [1.29, 1.82) is 0 Å². The van der Waals surface area contributed by atoms with E-state index in [4.69, 9.17) is 5.10 Å². The van der Waals surface area contributed by atoms with E-state index in [1.807, 2.05) is 0 Å². The van der Waals surface area contributed by atoms with Gasteiger partial charge in [-0.05, 0) is 68.2 Å². The fraction of sp³-hybridized carbons (Fsp3) is 0.581. The Morgan fingerprint density at radius 2 is 0.971 bits per heavy atom. The maximum atomic E-state index is 11.1. The van der Waals surface area contributed by atoms with Crippen LogP contribution >= 0.6 is 0 Å². The zero-order chi connectivity index (χ0) is 26.7. The van der Waals surface area contributed by atoms with Crippen LogP contribution in [-0.4, -0.2) is 15.9 Å². The molecular formula is C31H46N2O2. The summed E-state index contributed by atoms with van der Waals surface area (Å²) in [7, 11) is 0. The van der Waals surface area contributed by atoms with Gasteiger partial charge in [-0.25, -0.2) is 0 Å². The predicted octanol–water partition coefficient (Wildman–Crippen LogP) is 7.73. The van der Waals surface area contributed by atoms with Crippen LogP contribution in [0, 0.1) is 0 Å². The Morgan fingerprint density at radius 3 is 1.31 bits per heavy atom. The lowest BCUT2D eigenvalue weighted by Crippen LogP contribution is -2.20. The Kier molecular flexibility index (Phi) is 6.63. The first kappa shape index (κ1) is 27.1. The van der Waals surface area contributed by atoms with E-state index in [0.29, 0.717) is 11.5 Å². The molecule has 3 N–H and O–H groups in total. The fourth-order valence-corrected chi connectivity index (χ4v) is 4.76. The number of phenolic OH excluding ortho intramolecular Hbond substituents is 2. The van der Waals surface area contributed by atoms with E-state index in [0.717, 1.165) is 45.5 Å². The molecule has 1 unspecified atom stereocenters. The molecule has 0 aromatic heterocycles. The van der Waals surface area contributed by atoms with Crippen molar-refractivity contribution in [3.63, 3.8) is 0 Å². The smallest absolute Gasteiger partial charge is 0.123 e. The summed E-state index contributed by atoms with van der Waals surface area (Å²) in [5.74, 6) is 0.788. The summed E-state index contributed by atoms with van der Waals surface area (Å²) in [5.41, 5.74) is 9.65. The molecule has 0 aliphatic carbocycles. The monoisotopic (exact) mass is 478 g/mol. The molecule has 192 valence electrons. The number of benzene rings is 2. The minimum atomic E-state index is -0.188. The molecule has 0 saturated carbocycles. The highest BCUT2D eigenvalue weighted by Crippen LogP contribution is 2.43. The van der Waals surface area contributed by atoms with Gasteiger partial charge in [0.2, 0.25) is 0 Å². The van der Waals surface area contributed by atoms with Crippen molar-refractivity contribution in [2.45, 2.75) is 117 Å². The number of hydrazone groups is 1. The lowest BCUT2D eigenvalue weighted by Gasteiger charge is -2.29. The molecule has 0 saturated heterocycles. The molecule has 4 nitrogen and oxygen atoms in total. The number of phenols is 2. The van der Waals surface area contributed by atoms with Gasteiger partial charge in [0.1, 0.15) is 11.5 Å². The molecule has 0 amide bonds. The maximum Gasteiger partial charge on any atom is 0.123 e. The second-order valence-electron chi connectivity index (χ2n) is 14.3. The van der Waals surface area contributed by atoms with E-state index in [2.05, 4.69) is 113 Å². The van der Waals surface area contributed by atoms with Gasteiger partial charge in [-0.3, -0.25) is 0 Å². The van der Waals surface area contributed by atoms with Crippen LogP contribution in [0.5, 0.6) is 11.5 Å². The maximum absolute atomic E-state index is 11.1. The topological polar surface area (TPSA) is 64.9 Å². The molecule has 0 radical (unpaired) electrons. The molecule has 1 aliphatic heterocycles. The molecule has 0 bridgehead atoms. The number of hydrogen-bond donors (Lipinski definition) is 3. The summed E-state index contributed by atoms with van der Waals surface area (Å²) in [6.45, 7) is 25.6. The lowest BCUT2D eigenvalue weighted by molar-refractivity contribution is 0.421. The van der Waals surface area contributed by atoms with E-state index in [-0.39, 0.29) is 27.7 Å². The minimum absolute atomic E-state index is 0.0257. The molecule has 3 rings (SSSR count).